The Balaban J connectivity index is 2.11. The van der Waals surface area contributed by atoms with Gasteiger partial charge in [-0.15, -0.1) is 0 Å². The number of piperidine rings is 1. The fourth-order valence-electron chi connectivity index (χ4n) is 2.21. The molecule has 0 amide bonds. The summed E-state index contributed by atoms with van der Waals surface area (Å²) in [5, 5.41) is 1.68. The largest absolute Gasteiger partial charge is 0.371 e. The van der Waals surface area contributed by atoms with Crippen molar-refractivity contribution in [1.29, 1.82) is 0 Å². The summed E-state index contributed by atoms with van der Waals surface area (Å²) < 4.78 is 0. The van der Waals surface area contributed by atoms with E-state index < -0.39 is 0 Å². The van der Waals surface area contributed by atoms with Gasteiger partial charge in [0.05, 0.1) is 0 Å². The quantitative estimate of drug-likeness (QED) is 0.704. The van der Waals surface area contributed by atoms with Crippen LogP contribution in [0.25, 0.3) is 0 Å². The summed E-state index contributed by atoms with van der Waals surface area (Å²) in [6.45, 7) is 6.98. The lowest BCUT2D eigenvalue weighted by molar-refractivity contribution is 0.280. The average molecular weight is 317 g/mol. The van der Waals surface area contributed by atoms with E-state index in [1.165, 1.54) is 18.5 Å². The van der Waals surface area contributed by atoms with E-state index in [0.29, 0.717) is 5.41 Å². The minimum absolute atomic E-state index is 0.496. The van der Waals surface area contributed by atoms with Crippen molar-refractivity contribution in [1.82, 2.24) is 0 Å². The van der Waals surface area contributed by atoms with Crippen LogP contribution in [0.15, 0.2) is 18.2 Å². The van der Waals surface area contributed by atoms with Crippen LogP contribution in [0, 0.1) is 5.41 Å². The SMILES string of the molecule is CC1(C)CCN(c2ccc(CBr)c(Cl)c2)CC1. The highest BCUT2D eigenvalue weighted by Crippen LogP contribution is 2.33. The molecule has 0 N–H and O–H groups in total. The monoisotopic (exact) mass is 315 g/mol. The zero-order valence-electron chi connectivity index (χ0n) is 10.5. The fraction of sp³-hybridized carbons (Fsp3) is 0.571. The molecule has 1 aromatic rings. The lowest BCUT2D eigenvalue weighted by atomic mass is 9.82. The highest BCUT2D eigenvalue weighted by molar-refractivity contribution is 9.08. The Kier molecular flexibility index (Phi) is 4.04. The second kappa shape index (κ2) is 5.19. The first-order chi connectivity index (χ1) is 8.02. The van der Waals surface area contributed by atoms with Crippen molar-refractivity contribution in [2.24, 2.45) is 5.41 Å². The van der Waals surface area contributed by atoms with Crippen LogP contribution in [0.1, 0.15) is 32.3 Å². The Morgan fingerprint density at radius 1 is 1.29 bits per heavy atom. The maximum atomic E-state index is 6.25. The maximum Gasteiger partial charge on any atom is 0.0467 e. The smallest absolute Gasteiger partial charge is 0.0467 e. The van der Waals surface area contributed by atoms with Crippen LogP contribution in [0.3, 0.4) is 0 Å². The molecule has 0 radical (unpaired) electrons. The van der Waals surface area contributed by atoms with Crippen LogP contribution in [-0.4, -0.2) is 13.1 Å². The molecule has 0 aliphatic carbocycles. The maximum absolute atomic E-state index is 6.25. The molecule has 1 fully saturated rings. The zero-order valence-corrected chi connectivity index (χ0v) is 12.8. The third-order valence-electron chi connectivity index (χ3n) is 3.66. The molecule has 0 unspecified atom stereocenters. The molecule has 0 aromatic heterocycles. The van der Waals surface area contributed by atoms with Crippen molar-refractivity contribution >= 4 is 33.2 Å². The summed E-state index contributed by atoms with van der Waals surface area (Å²) in [5.74, 6) is 0. The molecular weight excluding hydrogens is 298 g/mol. The highest BCUT2D eigenvalue weighted by atomic mass is 79.9. The molecule has 17 heavy (non-hydrogen) atoms. The summed E-state index contributed by atoms with van der Waals surface area (Å²) in [4.78, 5) is 2.44. The molecule has 1 saturated heterocycles. The topological polar surface area (TPSA) is 3.24 Å². The van der Waals surface area contributed by atoms with E-state index in [4.69, 9.17) is 11.6 Å². The highest BCUT2D eigenvalue weighted by Gasteiger charge is 2.25. The van der Waals surface area contributed by atoms with Crippen LogP contribution in [0.4, 0.5) is 5.69 Å². The molecule has 0 atom stereocenters. The number of hydrogen-bond acceptors (Lipinski definition) is 1. The molecule has 2 rings (SSSR count). The summed E-state index contributed by atoms with van der Waals surface area (Å²) in [6.07, 6.45) is 2.51. The Morgan fingerprint density at radius 3 is 2.47 bits per heavy atom. The number of anilines is 1. The number of benzene rings is 1. The van der Waals surface area contributed by atoms with Crippen molar-refractivity contribution in [3.8, 4) is 0 Å². The normalized spacial score (nSPS) is 19.4. The summed E-state index contributed by atoms with van der Waals surface area (Å²) in [6, 6.07) is 6.39. The third-order valence-corrected chi connectivity index (χ3v) is 4.62. The van der Waals surface area contributed by atoms with Crippen molar-refractivity contribution < 1.29 is 0 Å². The van der Waals surface area contributed by atoms with Gasteiger partial charge in [0.25, 0.3) is 0 Å². The Hall–Kier alpha value is -0.210. The van der Waals surface area contributed by atoms with Gasteiger partial charge < -0.3 is 4.90 Å². The van der Waals surface area contributed by atoms with Gasteiger partial charge in [0.1, 0.15) is 0 Å². The van der Waals surface area contributed by atoms with E-state index >= 15 is 0 Å². The van der Waals surface area contributed by atoms with Crippen molar-refractivity contribution in [3.05, 3.63) is 28.8 Å². The molecular formula is C14H19BrClN. The van der Waals surface area contributed by atoms with E-state index in [2.05, 4.69) is 52.9 Å². The van der Waals surface area contributed by atoms with Gasteiger partial charge in [0, 0.05) is 29.1 Å². The van der Waals surface area contributed by atoms with Crippen LogP contribution >= 0.6 is 27.5 Å². The Morgan fingerprint density at radius 2 is 1.94 bits per heavy atom. The second-order valence-corrected chi connectivity index (χ2v) is 6.53. The molecule has 0 bridgehead atoms. The molecule has 1 aliphatic rings. The van der Waals surface area contributed by atoms with Crippen LogP contribution in [0.5, 0.6) is 0 Å². The van der Waals surface area contributed by atoms with E-state index in [0.717, 1.165) is 29.0 Å². The number of hydrogen-bond donors (Lipinski definition) is 0. The zero-order chi connectivity index (χ0) is 12.5. The molecule has 0 spiro atoms. The number of nitrogens with zero attached hydrogens (tertiary/aromatic N) is 1. The Labute approximate surface area is 117 Å². The summed E-state index contributed by atoms with van der Waals surface area (Å²) in [7, 11) is 0. The lowest BCUT2D eigenvalue weighted by Crippen LogP contribution is -2.37. The van der Waals surface area contributed by atoms with E-state index in [1.807, 2.05) is 0 Å². The fourth-order valence-corrected chi connectivity index (χ4v) is 3.10. The van der Waals surface area contributed by atoms with Crippen molar-refractivity contribution in [2.45, 2.75) is 32.0 Å². The van der Waals surface area contributed by atoms with Gasteiger partial charge >= 0.3 is 0 Å². The van der Waals surface area contributed by atoms with Crippen LogP contribution in [-0.2, 0) is 5.33 Å². The van der Waals surface area contributed by atoms with Gasteiger partial charge in [-0.3, -0.25) is 0 Å². The summed E-state index contributed by atoms with van der Waals surface area (Å²) >= 11 is 9.69. The molecule has 1 nitrogen and oxygen atoms in total. The first-order valence-electron chi connectivity index (χ1n) is 6.11. The van der Waals surface area contributed by atoms with Gasteiger partial charge in [0.2, 0.25) is 0 Å². The standard InChI is InChI=1S/C14H19BrClN/c1-14(2)5-7-17(8-6-14)12-4-3-11(10-15)13(16)9-12/h3-4,9H,5-8,10H2,1-2H3. The Bertz CT molecular complexity index is 393. The number of halogens is 2. The van der Waals surface area contributed by atoms with E-state index in [-0.39, 0.29) is 0 Å². The summed E-state index contributed by atoms with van der Waals surface area (Å²) in [5.41, 5.74) is 2.92. The van der Waals surface area contributed by atoms with Gasteiger partial charge in [0.15, 0.2) is 0 Å². The first kappa shape index (κ1) is 13.2. The van der Waals surface area contributed by atoms with Gasteiger partial charge in [-0.05, 0) is 36.0 Å². The van der Waals surface area contributed by atoms with E-state index in [9.17, 15) is 0 Å². The minimum atomic E-state index is 0.496. The first-order valence-corrected chi connectivity index (χ1v) is 7.61. The molecule has 1 aromatic carbocycles. The molecule has 0 saturated carbocycles. The molecule has 3 heteroatoms. The van der Waals surface area contributed by atoms with Gasteiger partial charge in [-0.25, -0.2) is 0 Å². The number of rotatable bonds is 2. The van der Waals surface area contributed by atoms with E-state index in [1.54, 1.807) is 0 Å². The third kappa shape index (κ3) is 3.17. The molecule has 94 valence electrons. The second-order valence-electron chi connectivity index (χ2n) is 5.56. The lowest BCUT2D eigenvalue weighted by Gasteiger charge is -2.38. The number of alkyl halides is 1. The van der Waals surface area contributed by atoms with Gasteiger partial charge in [-0.1, -0.05) is 47.4 Å². The average Bonchev–Trinajstić information content (AvgIpc) is 2.29. The molecule has 1 aliphatic heterocycles. The van der Waals surface area contributed by atoms with Crippen LogP contribution in [0.2, 0.25) is 5.02 Å². The minimum Gasteiger partial charge on any atom is -0.371 e. The van der Waals surface area contributed by atoms with Gasteiger partial charge in [-0.2, -0.15) is 0 Å². The van der Waals surface area contributed by atoms with Crippen molar-refractivity contribution in [2.75, 3.05) is 18.0 Å². The predicted octanol–water partition coefficient (Wildman–Crippen LogP) is 4.86. The van der Waals surface area contributed by atoms with Crippen molar-refractivity contribution in [3.63, 3.8) is 0 Å². The predicted molar refractivity (Wildman–Crippen MR) is 79.3 cm³/mol. The molecule has 1 heterocycles. The van der Waals surface area contributed by atoms with Crippen LogP contribution < -0.4 is 4.90 Å².